The molecule has 152 valence electrons. The molecule has 0 bridgehead atoms. The van der Waals surface area contributed by atoms with E-state index in [-0.39, 0.29) is 5.91 Å². The van der Waals surface area contributed by atoms with Gasteiger partial charge in [0.1, 0.15) is 9.71 Å². The molecule has 5 rings (SSSR count). The lowest BCUT2D eigenvalue weighted by Gasteiger charge is -2.26. The molecule has 1 aliphatic heterocycles. The molecule has 0 fully saturated rings. The van der Waals surface area contributed by atoms with Crippen molar-refractivity contribution in [2.24, 2.45) is 0 Å². The zero-order chi connectivity index (χ0) is 20.7. The number of carbonyl (C=O) groups is 1. The van der Waals surface area contributed by atoms with Crippen molar-refractivity contribution < 1.29 is 4.79 Å². The molecule has 0 unspecified atom stereocenters. The van der Waals surface area contributed by atoms with Crippen molar-refractivity contribution in [3.05, 3.63) is 63.7 Å². The number of hydrogen-bond donors (Lipinski definition) is 2. The number of thiophene rings is 2. The van der Waals surface area contributed by atoms with E-state index in [2.05, 4.69) is 39.8 Å². The maximum atomic E-state index is 12.9. The van der Waals surface area contributed by atoms with E-state index < -0.39 is 0 Å². The number of hydrogen-bond acceptors (Lipinski definition) is 7. The number of carbonyl (C=O) groups excluding carboxylic acids is 1. The van der Waals surface area contributed by atoms with Gasteiger partial charge in [0, 0.05) is 60.0 Å². The molecule has 8 heteroatoms. The number of amides is 1. The predicted molar refractivity (Wildman–Crippen MR) is 123 cm³/mol. The van der Waals surface area contributed by atoms with E-state index in [0.717, 1.165) is 46.5 Å². The van der Waals surface area contributed by atoms with Crippen LogP contribution in [0.2, 0.25) is 0 Å². The van der Waals surface area contributed by atoms with Crippen molar-refractivity contribution in [3.63, 3.8) is 0 Å². The Kier molecular flexibility index (Phi) is 4.98. The molecule has 30 heavy (non-hydrogen) atoms. The zero-order valence-corrected chi connectivity index (χ0v) is 18.1. The topological polar surface area (TPSA) is 84.1 Å². The number of nitrogens with two attached hydrogens (primary N) is 1. The monoisotopic (exact) mass is 435 g/mol. The third-order valence-electron chi connectivity index (χ3n) is 5.37. The summed E-state index contributed by atoms with van der Waals surface area (Å²) in [4.78, 5) is 26.8. The first kappa shape index (κ1) is 19.2. The van der Waals surface area contributed by atoms with E-state index in [1.54, 1.807) is 23.7 Å². The molecule has 6 nitrogen and oxygen atoms in total. The highest BCUT2D eigenvalue weighted by atomic mass is 32.1. The van der Waals surface area contributed by atoms with Crippen LogP contribution in [0.3, 0.4) is 0 Å². The molecule has 3 N–H and O–H groups in total. The van der Waals surface area contributed by atoms with Crippen LogP contribution in [0, 0.1) is 0 Å². The number of rotatable bonds is 4. The fourth-order valence-electron chi connectivity index (χ4n) is 3.89. The van der Waals surface area contributed by atoms with Crippen molar-refractivity contribution in [2.45, 2.75) is 19.5 Å². The highest BCUT2D eigenvalue weighted by Crippen LogP contribution is 2.44. The van der Waals surface area contributed by atoms with Gasteiger partial charge in [-0.2, -0.15) is 0 Å². The number of aromatic nitrogens is 2. The van der Waals surface area contributed by atoms with Crippen molar-refractivity contribution in [2.75, 3.05) is 19.3 Å². The van der Waals surface area contributed by atoms with Gasteiger partial charge in [0.05, 0.1) is 5.69 Å². The molecule has 0 aromatic carbocycles. The van der Waals surface area contributed by atoms with Crippen LogP contribution in [0.4, 0.5) is 5.69 Å². The second-order valence-corrected chi connectivity index (χ2v) is 9.39. The predicted octanol–water partition coefficient (Wildman–Crippen LogP) is 3.92. The van der Waals surface area contributed by atoms with Crippen LogP contribution in [-0.2, 0) is 19.5 Å². The summed E-state index contributed by atoms with van der Waals surface area (Å²) >= 11 is 3.07. The molecule has 0 saturated carbocycles. The first-order valence-corrected chi connectivity index (χ1v) is 11.4. The van der Waals surface area contributed by atoms with Gasteiger partial charge in [0.15, 0.2) is 0 Å². The minimum Gasteiger partial charge on any atom is -0.397 e. The lowest BCUT2D eigenvalue weighted by molar-refractivity contribution is 0.0956. The minimum atomic E-state index is -0.174. The van der Waals surface area contributed by atoms with Crippen molar-refractivity contribution in [1.29, 1.82) is 0 Å². The van der Waals surface area contributed by atoms with Gasteiger partial charge >= 0.3 is 0 Å². The van der Waals surface area contributed by atoms with E-state index in [9.17, 15) is 4.79 Å². The summed E-state index contributed by atoms with van der Waals surface area (Å²) < 4.78 is 0. The minimum absolute atomic E-state index is 0.174. The summed E-state index contributed by atoms with van der Waals surface area (Å²) in [6.07, 6.45) is 4.36. The van der Waals surface area contributed by atoms with Gasteiger partial charge in [-0.1, -0.05) is 12.1 Å². The van der Waals surface area contributed by atoms with Crippen molar-refractivity contribution >= 4 is 44.5 Å². The summed E-state index contributed by atoms with van der Waals surface area (Å²) in [6.45, 7) is 2.23. The number of anilines is 1. The smallest absolute Gasteiger partial charge is 0.263 e. The van der Waals surface area contributed by atoms with Crippen LogP contribution in [0.25, 0.3) is 20.7 Å². The first-order chi connectivity index (χ1) is 14.6. The van der Waals surface area contributed by atoms with Gasteiger partial charge in [0.25, 0.3) is 5.91 Å². The Balaban J connectivity index is 1.60. The number of pyridine rings is 2. The van der Waals surface area contributed by atoms with E-state index in [1.807, 2.05) is 12.1 Å². The SMILES string of the molecule is CN1CCc2nc3sc(C(=O)NCc4cccnc4)c(N)c3c(-c3cccs3)c2C1. The van der Waals surface area contributed by atoms with Crippen molar-refractivity contribution in [1.82, 2.24) is 20.2 Å². The second-order valence-electron chi connectivity index (χ2n) is 7.45. The fraction of sp³-hybridized carbons (Fsp3) is 0.227. The lowest BCUT2D eigenvalue weighted by atomic mass is 9.96. The average Bonchev–Trinajstić information content (AvgIpc) is 3.40. The second kappa shape index (κ2) is 7.79. The molecule has 0 radical (unpaired) electrons. The Morgan fingerprint density at radius 2 is 2.23 bits per heavy atom. The third-order valence-corrected chi connectivity index (χ3v) is 7.36. The van der Waals surface area contributed by atoms with Gasteiger partial charge in [-0.05, 0) is 35.7 Å². The number of nitrogens with one attached hydrogen (secondary N) is 1. The Morgan fingerprint density at radius 1 is 1.33 bits per heavy atom. The summed E-state index contributed by atoms with van der Waals surface area (Å²) in [5.41, 5.74) is 11.5. The maximum Gasteiger partial charge on any atom is 0.263 e. The standard InChI is InChI=1S/C22H21N5OS2/c1-27-8-6-15-14(12-27)17(16-5-3-9-29-16)18-19(23)20(30-22(18)26-15)21(28)25-11-13-4-2-7-24-10-13/h2-5,7,9-10H,6,8,11-12,23H2,1H3,(H,25,28). The molecule has 0 spiro atoms. The van der Waals surface area contributed by atoms with Gasteiger partial charge in [0.2, 0.25) is 0 Å². The molecular formula is C22H21N5OS2. The third kappa shape index (κ3) is 3.36. The molecular weight excluding hydrogens is 414 g/mol. The number of nitrogen functional groups attached to an aromatic ring is 1. The molecule has 4 aromatic heterocycles. The summed E-state index contributed by atoms with van der Waals surface area (Å²) in [5.74, 6) is -0.174. The quantitative estimate of drug-likeness (QED) is 0.508. The molecule has 0 atom stereocenters. The van der Waals surface area contributed by atoms with Crippen LogP contribution in [-0.4, -0.2) is 34.4 Å². The maximum absolute atomic E-state index is 12.9. The highest BCUT2D eigenvalue weighted by Gasteiger charge is 2.27. The normalized spacial score (nSPS) is 14.0. The molecule has 4 aromatic rings. The first-order valence-electron chi connectivity index (χ1n) is 9.75. The van der Waals surface area contributed by atoms with E-state index in [1.165, 1.54) is 21.8 Å². The number of nitrogens with zero attached hydrogens (tertiary/aromatic N) is 3. The average molecular weight is 436 g/mol. The molecule has 0 aliphatic carbocycles. The van der Waals surface area contributed by atoms with Gasteiger partial charge in [-0.3, -0.25) is 9.78 Å². The Labute approximate surface area is 182 Å². The molecule has 1 amide bonds. The zero-order valence-electron chi connectivity index (χ0n) is 16.5. The fourth-order valence-corrected chi connectivity index (χ4v) is 5.73. The van der Waals surface area contributed by atoms with Crippen molar-refractivity contribution in [3.8, 4) is 10.4 Å². The highest BCUT2D eigenvalue weighted by molar-refractivity contribution is 7.21. The van der Waals surface area contributed by atoms with Crippen LogP contribution in [0.5, 0.6) is 0 Å². The molecule has 5 heterocycles. The van der Waals surface area contributed by atoms with Gasteiger partial charge < -0.3 is 16.0 Å². The van der Waals surface area contributed by atoms with E-state index in [4.69, 9.17) is 10.7 Å². The lowest BCUT2D eigenvalue weighted by Crippen LogP contribution is -2.27. The summed E-state index contributed by atoms with van der Waals surface area (Å²) in [7, 11) is 2.12. The molecule has 1 aliphatic rings. The van der Waals surface area contributed by atoms with Crippen LogP contribution in [0.1, 0.15) is 26.5 Å². The van der Waals surface area contributed by atoms with Gasteiger partial charge in [-0.25, -0.2) is 4.98 Å². The Bertz CT molecular complexity index is 1220. The van der Waals surface area contributed by atoms with Gasteiger partial charge in [-0.15, -0.1) is 22.7 Å². The number of likely N-dealkylation sites (N-methyl/N-ethyl adjacent to an activating group) is 1. The Morgan fingerprint density at radius 3 is 3.00 bits per heavy atom. The molecule has 0 saturated heterocycles. The van der Waals surface area contributed by atoms with Crippen LogP contribution >= 0.6 is 22.7 Å². The number of fused-ring (bicyclic) bond motifs is 2. The Hall–Kier alpha value is -2.81. The summed E-state index contributed by atoms with van der Waals surface area (Å²) in [5, 5.41) is 5.95. The van der Waals surface area contributed by atoms with Crippen LogP contribution < -0.4 is 11.1 Å². The largest absolute Gasteiger partial charge is 0.397 e. The van der Waals surface area contributed by atoms with E-state index in [0.29, 0.717) is 17.1 Å². The summed E-state index contributed by atoms with van der Waals surface area (Å²) in [6, 6.07) is 7.96. The van der Waals surface area contributed by atoms with Crippen LogP contribution in [0.15, 0.2) is 42.0 Å². The van der Waals surface area contributed by atoms with E-state index >= 15 is 0 Å².